The average molecular weight is 529 g/mol. The van der Waals surface area contributed by atoms with Crippen molar-refractivity contribution in [3.63, 3.8) is 0 Å². The average Bonchev–Trinajstić information content (AvgIpc) is 3.42. The molecule has 1 fully saturated rings. The summed E-state index contributed by atoms with van der Waals surface area (Å²) in [6.45, 7) is 7.95. The van der Waals surface area contributed by atoms with Gasteiger partial charge in [-0.25, -0.2) is 33.1 Å². The lowest BCUT2D eigenvalue weighted by atomic mass is 9.85. The summed E-state index contributed by atoms with van der Waals surface area (Å²) in [6, 6.07) is 4.14. The number of esters is 1. The molecule has 0 bridgehead atoms. The van der Waals surface area contributed by atoms with E-state index in [9.17, 15) is 19.2 Å². The van der Waals surface area contributed by atoms with Gasteiger partial charge in [-0.2, -0.15) is 0 Å². The van der Waals surface area contributed by atoms with Crippen LogP contribution in [0.5, 0.6) is 11.5 Å². The first-order chi connectivity index (χ1) is 18.0. The summed E-state index contributed by atoms with van der Waals surface area (Å²) in [6.07, 6.45) is 3.72. The molecule has 12 heteroatoms. The highest BCUT2D eigenvalue weighted by Gasteiger charge is 2.45. The number of ether oxygens (including phenoxy) is 4. The van der Waals surface area contributed by atoms with Crippen molar-refractivity contribution in [3.05, 3.63) is 56.9 Å². The van der Waals surface area contributed by atoms with Gasteiger partial charge in [-0.1, -0.05) is 18.2 Å². The van der Waals surface area contributed by atoms with Gasteiger partial charge >= 0.3 is 23.4 Å². The molecule has 0 N–H and O–H groups in total. The number of hydrogen-bond donors (Lipinski definition) is 0. The normalized spacial score (nSPS) is 19.4. The van der Waals surface area contributed by atoms with Crippen LogP contribution in [0.2, 0.25) is 0 Å². The molecule has 1 amide bonds. The molecule has 3 aliphatic rings. The Morgan fingerprint density at radius 3 is 2.47 bits per heavy atom. The molecule has 0 radical (unpaired) electrons. The zero-order valence-electron chi connectivity index (χ0n) is 22.0. The van der Waals surface area contributed by atoms with Crippen molar-refractivity contribution in [1.29, 1.82) is 0 Å². The van der Waals surface area contributed by atoms with Gasteiger partial charge in [0, 0.05) is 13.1 Å². The Kier molecular flexibility index (Phi) is 6.36. The minimum atomic E-state index is -1.08. The number of carbonyl (C=O) groups is 2. The van der Waals surface area contributed by atoms with E-state index >= 15 is 0 Å². The van der Waals surface area contributed by atoms with Crippen molar-refractivity contribution < 1.29 is 28.5 Å². The second kappa shape index (κ2) is 9.41. The second-order valence-electron chi connectivity index (χ2n) is 10.6. The van der Waals surface area contributed by atoms with Gasteiger partial charge in [0.15, 0.2) is 17.5 Å². The first-order valence-electron chi connectivity index (χ1n) is 12.7. The van der Waals surface area contributed by atoms with Gasteiger partial charge in [-0.05, 0) is 58.2 Å². The number of piperidine rings is 1. The molecule has 1 atom stereocenters. The number of aromatic nitrogens is 3. The van der Waals surface area contributed by atoms with E-state index in [1.54, 1.807) is 62.9 Å². The van der Waals surface area contributed by atoms with Crippen LogP contribution < -0.4 is 20.9 Å². The number of carbonyl (C=O) groups excluding carboxylic acids is 2. The lowest BCUT2D eigenvalue weighted by molar-refractivity contribution is -0.146. The molecule has 1 saturated heterocycles. The fourth-order valence-corrected chi connectivity index (χ4v) is 5.11. The van der Waals surface area contributed by atoms with Crippen molar-refractivity contribution in [2.24, 2.45) is 0 Å². The van der Waals surface area contributed by atoms with Gasteiger partial charge in [0.2, 0.25) is 6.79 Å². The van der Waals surface area contributed by atoms with Gasteiger partial charge in [-0.15, -0.1) is 0 Å². The van der Waals surface area contributed by atoms with Gasteiger partial charge in [0.1, 0.15) is 5.60 Å². The number of amides is 1. The topological polar surface area (TPSA) is 123 Å². The largest absolute Gasteiger partial charge is 0.464 e. The maximum absolute atomic E-state index is 13.8. The predicted molar refractivity (Wildman–Crippen MR) is 134 cm³/mol. The number of benzene rings is 1. The van der Waals surface area contributed by atoms with E-state index in [2.05, 4.69) is 0 Å². The number of allylic oxidation sites excluding steroid dienone is 1. The number of nitrogens with zero attached hydrogens (tertiary/aromatic N) is 4. The molecule has 5 rings (SSSR count). The van der Waals surface area contributed by atoms with Gasteiger partial charge in [0.25, 0.3) is 0 Å². The summed E-state index contributed by atoms with van der Waals surface area (Å²) in [4.78, 5) is 54.5. The van der Waals surface area contributed by atoms with Crippen LogP contribution in [0.1, 0.15) is 52.1 Å². The molecule has 1 aromatic carbocycles. The van der Waals surface area contributed by atoms with Crippen molar-refractivity contribution in [2.75, 3.05) is 26.5 Å². The van der Waals surface area contributed by atoms with Gasteiger partial charge in [-0.3, -0.25) is 0 Å². The lowest BCUT2D eigenvalue weighted by Gasteiger charge is -2.43. The Balaban J connectivity index is 1.51. The quantitative estimate of drug-likeness (QED) is 0.436. The molecule has 204 valence electrons. The highest BCUT2D eigenvalue weighted by molar-refractivity contribution is 5.76. The molecule has 2 aromatic rings. The third-order valence-corrected chi connectivity index (χ3v) is 6.92. The van der Waals surface area contributed by atoms with Crippen molar-refractivity contribution in [2.45, 2.75) is 64.3 Å². The van der Waals surface area contributed by atoms with E-state index in [1.807, 2.05) is 0 Å². The Morgan fingerprint density at radius 1 is 1.08 bits per heavy atom. The summed E-state index contributed by atoms with van der Waals surface area (Å²) < 4.78 is 25.2. The summed E-state index contributed by atoms with van der Waals surface area (Å²) in [5, 5.41) is 0. The maximum atomic E-state index is 13.8. The van der Waals surface area contributed by atoms with Crippen LogP contribution in [0.15, 0.2) is 39.9 Å². The summed E-state index contributed by atoms with van der Waals surface area (Å²) in [5.41, 5.74) is -2.02. The Hall–Kier alpha value is -3.96. The molecular formula is C26H32N4O8. The summed E-state index contributed by atoms with van der Waals surface area (Å²) >= 11 is 0. The van der Waals surface area contributed by atoms with E-state index in [0.717, 1.165) is 4.57 Å². The van der Waals surface area contributed by atoms with Crippen LogP contribution in [0.25, 0.3) is 0 Å². The standard InChI is InChI=1S/C26H32N4O8/c1-5-35-21(31)18-8-9-26(10-12-27(13-11-26)24(34)38-25(2,3)4)30-23(33)28(22(32)29(18)30)15-17-6-7-19-20(14-17)37-16-36-19/h6-9,14,18H,5,10-13,15-16H2,1-4H3. The third kappa shape index (κ3) is 4.48. The third-order valence-electron chi connectivity index (χ3n) is 6.92. The molecule has 38 heavy (non-hydrogen) atoms. The van der Waals surface area contributed by atoms with E-state index < -0.39 is 40.6 Å². The van der Waals surface area contributed by atoms with Crippen LogP contribution in [-0.4, -0.2) is 63.0 Å². The Morgan fingerprint density at radius 2 is 1.79 bits per heavy atom. The molecule has 1 unspecified atom stereocenters. The molecular weight excluding hydrogens is 496 g/mol. The summed E-state index contributed by atoms with van der Waals surface area (Å²) in [7, 11) is 0. The fourth-order valence-electron chi connectivity index (χ4n) is 5.11. The fraction of sp³-hybridized carbons (Fsp3) is 0.538. The monoisotopic (exact) mass is 528 g/mol. The van der Waals surface area contributed by atoms with Crippen molar-refractivity contribution in [1.82, 2.24) is 18.8 Å². The Labute approximate surface area is 218 Å². The zero-order chi connectivity index (χ0) is 27.2. The van der Waals surface area contributed by atoms with Crippen LogP contribution in [0.4, 0.5) is 4.79 Å². The smallest absolute Gasteiger partial charge is 0.410 e. The van der Waals surface area contributed by atoms with Gasteiger partial charge in [0.05, 0.1) is 18.7 Å². The predicted octanol–water partition coefficient (Wildman–Crippen LogP) is 1.99. The number of likely N-dealkylation sites (tertiary alicyclic amines) is 1. The number of rotatable bonds is 4. The molecule has 1 spiro atoms. The first-order valence-corrected chi connectivity index (χ1v) is 12.7. The van der Waals surface area contributed by atoms with E-state index in [0.29, 0.717) is 43.0 Å². The lowest BCUT2D eigenvalue weighted by Crippen LogP contribution is -2.55. The SMILES string of the molecule is CCOC(=O)C1C=CC2(CCN(C(=O)OC(C)(C)C)CC2)n2c(=O)n(Cc3ccc4c(c3)OCO4)c(=O)n21. The van der Waals surface area contributed by atoms with Crippen molar-refractivity contribution >= 4 is 12.1 Å². The van der Waals surface area contributed by atoms with Crippen LogP contribution in [0, 0.1) is 0 Å². The molecule has 3 aliphatic heterocycles. The van der Waals surface area contributed by atoms with Crippen LogP contribution in [-0.2, 0) is 26.4 Å². The van der Waals surface area contributed by atoms with Gasteiger partial charge < -0.3 is 23.8 Å². The van der Waals surface area contributed by atoms with Crippen LogP contribution >= 0.6 is 0 Å². The van der Waals surface area contributed by atoms with Crippen LogP contribution in [0.3, 0.4) is 0 Å². The number of fused-ring (bicyclic) bond motifs is 3. The molecule has 0 aliphatic carbocycles. The highest BCUT2D eigenvalue weighted by Crippen LogP contribution is 2.36. The summed E-state index contributed by atoms with van der Waals surface area (Å²) in [5.74, 6) is 0.508. The molecule has 12 nitrogen and oxygen atoms in total. The molecule has 0 saturated carbocycles. The Bertz CT molecular complexity index is 1400. The zero-order valence-corrected chi connectivity index (χ0v) is 22.0. The molecule has 1 aromatic heterocycles. The number of hydrogen-bond acceptors (Lipinski definition) is 8. The minimum Gasteiger partial charge on any atom is -0.464 e. The molecule has 4 heterocycles. The first kappa shape index (κ1) is 25.7. The van der Waals surface area contributed by atoms with E-state index in [1.165, 1.54) is 9.36 Å². The second-order valence-corrected chi connectivity index (χ2v) is 10.6. The van der Waals surface area contributed by atoms with E-state index in [4.69, 9.17) is 18.9 Å². The highest BCUT2D eigenvalue weighted by atomic mass is 16.7. The van der Waals surface area contributed by atoms with E-state index in [-0.39, 0.29) is 19.9 Å². The maximum Gasteiger partial charge on any atom is 0.410 e. The minimum absolute atomic E-state index is 0.0169. The van der Waals surface area contributed by atoms with Crippen molar-refractivity contribution in [3.8, 4) is 11.5 Å².